The Morgan fingerprint density at radius 3 is 2.81 bits per heavy atom. The van der Waals surface area contributed by atoms with E-state index in [2.05, 4.69) is 15.9 Å². The molecule has 0 saturated heterocycles. The summed E-state index contributed by atoms with van der Waals surface area (Å²) in [4.78, 5) is 0. The molecule has 1 rings (SSSR count). The van der Waals surface area contributed by atoms with E-state index in [1.54, 1.807) is 7.11 Å². The first-order valence-corrected chi connectivity index (χ1v) is 6.68. The average Bonchev–Trinajstić information content (AvgIpc) is 2.27. The van der Waals surface area contributed by atoms with E-state index in [1.807, 2.05) is 25.1 Å². The fourth-order valence-corrected chi connectivity index (χ4v) is 2.31. The molecule has 0 fully saturated rings. The summed E-state index contributed by atoms with van der Waals surface area (Å²) in [5.41, 5.74) is 0.994. The standard InChI is InChI=1S/C12H16BrClO2/c1-9(6-7-15-2)16-12-5-3-4-11(14)10(12)8-13/h3-5,9H,6-8H2,1-2H3. The zero-order chi connectivity index (χ0) is 12.0. The van der Waals surface area contributed by atoms with Gasteiger partial charge in [-0.15, -0.1) is 0 Å². The molecule has 0 aliphatic carbocycles. The predicted molar refractivity (Wildman–Crippen MR) is 70.7 cm³/mol. The smallest absolute Gasteiger partial charge is 0.125 e. The van der Waals surface area contributed by atoms with Crippen molar-refractivity contribution in [3.8, 4) is 5.75 Å². The zero-order valence-corrected chi connectivity index (χ0v) is 11.8. The maximum absolute atomic E-state index is 6.08. The van der Waals surface area contributed by atoms with Gasteiger partial charge in [-0.05, 0) is 19.1 Å². The highest BCUT2D eigenvalue weighted by molar-refractivity contribution is 9.08. The van der Waals surface area contributed by atoms with Crippen molar-refractivity contribution in [2.24, 2.45) is 0 Å². The molecule has 0 spiro atoms. The molecule has 1 aromatic rings. The van der Waals surface area contributed by atoms with E-state index in [9.17, 15) is 0 Å². The average molecular weight is 308 g/mol. The van der Waals surface area contributed by atoms with E-state index in [1.165, 1.54) is 0 Å². The van der Waals surface area contributed by atoms with Crippen LogP contribution in [0.5, 0.6) is 5.75 Å². The fraction of sp³-hybridized carbons (Fsp3) is 0.500. The van der Waals surface area contributed by atoms with Crippen LogP contribution in [0.2, 0.25) is 5.02 Å². The Balaban J connectivity index is 2.69. The monoisotopic (exact) mass is 306 g/mol. The number of methoxy groups -OCH3 is 1. The van der Waals surface area contributed by atoms with Crippen LogP contribution in [-0.4, -0.2) is 19.8 Å². The molecule has 16 heavy (non-hydrogen) atoms. The second kappa shape index (κ2) is 7.15. The largest absolute Gasteiger partial charge is 0.490 e. The van der Waals surface area contributed by atoms with Crippen molar-refractivity contribution in [3.05, 3.63) is 28.8 Å². The highest BCUT2D eigenvalue weighted by atomic mass is 79.9. The molecule has 0 aliphatic rings. The number of alkyl halides is 1. The molecule has 1 aromatic carbocycles. The Morgan fingerprint density at radius 2 is 2.19 bits per heavy atom. The maximum atomic E-state index is 6.08. The summed E-state index contributed by atoms with van der Waals surface area (Å²) in [6.07, 6.45) is 0.987. The van der Waals surface area contributed by atoms with Crippen molar-refractivity contribution in [2.75, 3.05) is 13.7 Å². The molecular formula is C12H16BrClO2. The second-order valence-corrected chi connectivity index (χ2v) is 4.53. The van der Waals surface area contributed by atoms with E-state index in [0.717, 1.165) is 22.8 Å². The highest BCUT2D eigenvalue weighted by Gasteiger charge is 2.10. The van der Waals surface area contributed by atoms with Gasteiger partial charge < -0.3 is 9.47 Å². The molecule has 0 radical (unpaired) electrons. The van der Waals surface area contributed by atoms with Gasteiger partial charge in [0.1, 0.15) is 5.75 Å². The van der Waals surface area contributed by atoms with E-state index >= 15 is 0 Å². The number of rotatable bonds is 6. The Morgan fingerprint density at radius 1 is 1.44 bits per heavy atom. The molecule has 1 unspecified atom stereocenters. The van der Waals surface area contributed by atoms with Crippen molar-refractivity contribution in [3.63, 3.8) is 0 Å². The van der Waals surface area contributed by atoms with Crippen LogP contribution in [0.1, 0.15) is 18.9 Å². The predicted octanol–water partition coefficient (Wildman–Crippen LogP) is 4.04. The van der Waals surface area contributed by atoms with Gasteiger partial charge >= 0.3 is 0 Å². The van der Waals surface area contributed by atoms with Crippen LogP contribution in [-0.2, 0) is 10.1 Å². The van der Waals surface area contributed by atoms with E-state index in [0.29, 0.717) is 11.9 Å². The lowest BCUT2D eigenvalue weighted by Gasteiger charge is -2.17. The van der Waals surface area contributed by atoms with E-state index in [4.69, 9.17) is 21.1 Å². The SMILES string of the molecule is COCCC(C)Oc1cccc(Cl)c1CBr. The van der Waals surface area contributed by atoms with Gasteiger partial charge in [0.25, 0.3) is 0 Å². The van der Waals surface area contributed by atoms with Crippen LogP contribution in [0.15, 0.2) is 18.2 Å². The Kier molecular flexibility index (Phi) is 6.17. The maximum Gasteiger partial charge on any atom is 0.125 e. The Hall–Kier alpha value is -0.250. The number of ether oxygens (including phenoxy) is 2. The van der Waals surface area contributed by atoms with Crippen LogP contribution in [0.25, 0.3) is 0 Å². The fourth-order valence-electron chi connectivity index (χ4n) is 1.34. The van der Waals surface area contributed by atoms with Crippen molar-refractivity contribution in [1.82, 2.24) is 0 Å². The van der Waals surface area contributed by atoms with Gasteiger partial charge in [-0.2, -0.15) is 0 Å². The molecule has 0 heterocycles. The number of halogens is 2. The number of hydrogen-bond donors (Lipinski definition) is 0. The van der Waals surface area contributed by atoms with Crippen LogP contribution < -0.4 is 4.74 Å². The minimum atomic E-state index is 0.121. The molecule has 0 N–H and O–H groups in total. The summed E-state index contributed by atoms with van der Waals surface area (Å²) >= 11 is 9.50. The van der Waals surface area contributed by atoms with E-state index in [-0.39, 0.29) is 6.10 Å². The third kappa shape index (κ3) is 3.96. The topological polar surface area (TPSA) is 18.5 Å². The molecule has 0 aliphatic heterocycles. The van der Waals surface area contributed by atoms with E-state index < -0.39 is 0 Å². The number of hydrogen-bond acceptors (Lipinski definition) is 2. The molecule has 0 saturated carbocycles. The van der Waals surface area contributed by atoms with Crippen molar-refractivity contribution >= 4 is 27.5 Å². The summed E-state index contributed by atoms with van der Waals surface area (Å²) in [5.74, 6) is 0.841. The summed E-state index contributed by atoms with van der Waals surface area (Å²) < 4.78 is 10.8. The first-order valence-electron chi connectivity index (χ1n) is 5.18. The van der Waals surface area contributed by atoms with Gasteiger partial charge in [0, 0.05) is 36.1 Å². The molecule has 2 nitrogen and oxygen atoms in total. The summed E-state index contributed by atoms with van der Waals surface area (Å²) in [6.45, 7) is 2.73. The van der Waals surface area contributed by atoms with Crippen molar-refractivity contribution in [2.45, 2.75) is 24.8 Å². The van der Waals surface area contributed by atoms with Crippen LogP contribution in [0, 0.1) is 0 Å². The normalized spacial score (nSPS) is 12.5. The minimum Gasteiger partial charge on any atom is -0.490 e. The van der Waals surface area contributed by atoms with Gasteiger partial charge in [-0.3, -0.25) is 0 Å². The quantitative estimate of drug-likeness (QED) is 0.739. The molecule has 90 valence electrons. The third-order valence-corrected chi connectivity index (χ3v) is 3.18. The molecule has 1 atom stereocenters. The molecular weight excluding hydrogens is 291 g/mol. The summed E-state index contributed by atoms with van der Waals surface area (Å²) in [5, 5.41) is 1.42. The Bertz CT molecular complexity index is 331. The lowest BCUT2D eigenvalue weighted by atomic mass is 10.2. The summed E-state index contributed by atoms with van der Waals surface area (Å²) in [6, 6.07) is 5.70. The van der Waals surface area contributed by atoms with Crippen molar-refractivity contribution < 1.29 is 9.47 Å². The molecule has 0 aromatic heterocycles. The first kappa shape index (κ1) is 13.8. The van der Waals surface area contributed by atoms with Gasteiger partial charge in [-0.1, -0.05) is 33.6 Å². The summed E-state index contributed by atoms with van der Waals surface area (Å²) in [7, 11) is 1.69. The molecule has 0 amide bonds. The van der Waals surface area contributed by atoms with Crippen LogP contribution in [0.3, 0.4) is 0 Å². The van der Waals surface area contributed by atoms with Gasteiger partial charge in [0.05, 0.1) is 6.10 Å². The molecule has 0 bridgehead atoms. The Labute approximate surface area is 110 Å². The van der Waals surface area contributed by atoms with Crippen LogP contribution in [0.4, 0.5) is 0 Å². The highest BCUT2D eigenvalue weighted by Crippen LogP contribution is 2.29. The molecule has 4 heteroatoms. The number of benzene rings is 1. The third-order valence-electron chi connectivity index (χ3n) is 2.27. The van der Waals surface area contributed by atoms with Crippen molar-refractivity contribution in [1.29, 1.82) is 0 Å². The van der Waals surface area contributed by atoms with Gasteiger partial charge in [-0.25, -0.2) is 0 Å². The van der Waals surface area contributed by atoms with Gasteiger partial charge in [0.2, 0.25) is 0 Å². The van der Waals surface area contributed by atoms with Crippen LogP contribution >= 0.6 is 27.5 Å². The van der Waals surface area contributed by atoms with Gasteiger partial charge in [0.15, 0.2) is 0 Å². The minimum absolute atomic E-state index is 0.121. The first-order chi connectivity index (χ1) is 7.69. The second-order valence-electron chi connectivity index (χ2n) is 3.56. The lowest BCUT2D eigenvalue weighted by molar-refractivity contribution is 0.134. The zero-order valence-electron chi connectivity index (χ0n) is 9.50. The lowest BCUT2D eigenvalue weighted by Crippen LogP contribution is -2.15.